The van der Waals surface area contributed by atoms with Crippen molar-refractivity contribution in [1.82, 2.24) is 15.2 Å². The van der Waals surface area contributed by atoms with E-state index in [1.165, 1.54) is 11.3 Å². The van der Waals surface area contributed by atoms with Crippen molar-refractivity contribution in [3.8, 4) is 0 Å². The van der Waals surface area contributed by atoms with Crippen molar-refractivity contribution in [2.45, 2.75) is 32.9 Å². The van der Waals surface area contributed by atoms with E-state index in [1.54, 1.807) is 24.3 Å². The highest BCUT2D eigenvalue weighted by Gasteiger charge is 2.39. The first kappa shape index (κ1) is 18.3. The van der Waals surface area contributed by atoms with Crippen molar-refractivity contribution in [3.05, 3.63) is 45.4 Å². The van der Waals surface area contributed by atoms with Gasteiger partial charge in [0.1, 0.15) is 6.04 Å². The second-order valence-corrected chi connectivity index (χ2v) is 7.54. The topological polar surface area (TPSA) is 91.4 Å². The van der Waals surface area contributed by atoms with E-state index in [0.29, 0.717) is 15.7 Å². The smallest absolute Gasteiger partial charge is 0.325 e. The van der Waals surface area contributed by atoms with E-state index in [9.17, 15) is 14.4 Å². The van der Waals surface area contributed by atoms with Crippen LogP contribution in [-0.2, 0) is 16.1 Å². The number of thiazole rings is 1. The molecule has 2 heterocycles. The number of nitrogens with one attached hydrogen (secondary N) is 2. The molecule has 1 aliphatic rings. The summed E-state index contributed by atoms with van der Waals surface area (Å²) in [6.45, 7) is 3.83. The van der Waals surface area contributed by atoms with Crippen molar-refractivity contribution in [3.63, 3.8) is 0 Å². The van der Waals surface area contributed by atoms with Crippen molar-refractivity contribution in [2.75, 3.05) is 5.32 Å². The molecule has 1 aromatic heterocycles. The second kappa shape index (κ2) is 7.43. The van der Waals surface area contributed by atoms with E-state index in [0.717, 1.165) is 15.5 Å². The lowest BCUT2D eigenvalue weighted by Crippen LogP contribution is -2.34. The molecular formula is C17H17ClN4O3S. The Kier molecular flexibility index (Phi) is 5.24. The predicted molar refractivity (Wildman–Crippen MR) is 99.2 cm³/mol. The molecule has 1 saturated heterocycles. The van der Waals surface area contributed by atoms with Crippen LogP contribution in [-0.4, -0.2) is 33.8 Å². The molecule has 9 heteroatoms. The number of urea groups is 1. The van der Waals surface area contributed by atoms with E-state index in [2.05, 4.69) is 15.6 Å². The highest BCUT2D eigenvalue weighted by Crippen LogP contribution is 2.22. The summed E-state index contributed by atoms with van der Waals surface area (Å²) in [5.74, 6) is -0.825. The number of hydrogen-bond acceptors (Lipinski definition) is 5. The number of halogens is 1. The average molecular weight is 393 g/mol. The van der Waals surface area contributed by atoms with Gasteiger partial charge < -0.3 is 10.6 Å². The Hall–Kier alpha value is -2.45. The summed E-state index contributed by atoms with van der Waals surface area (Å²) >= 11 is 7.45. The molecule has 2 N–H and O–H groups in total. The molecule has 2 aromatic rings. The van der Waals surface area contributed by atoms with Gasteiger partial charge in [0.25, 0.3) is 5.91 Å². The van der Waals surface area contributed by atoms with Gasteiger partial charge in [-0.2, -0.15) is 0 Å². The molecular weight excluding hydrogens is 376 g/mol. The molecule has 0 bridgehead atoms. The maximum atomic E-state index is 12.5. The van der Waals surface area contributed by atoms with Crippen LogP contribution in [0.25, 0.3) is 0 Å². The SMILES string of the molecule is Cc1nc(NC(=O)CC2NC(=O)N(Cc3ccccc3Cl)C2=O)sc1C. The molecule has 3 rings (SSSR count). The number of amides is 4. The Bertz CT molecular complexity index is 863. The number of aromatic nitrogens is 1. The van der Waals surface area contributed by atoms with Gasteiger partial charge in [-0.05, 0) is 25.5 Å². The third kappa shape index (κ3) is 3.86. The Morgan fingerprint density at radius 2 is 2.08 bits per heavy atom. The quantitative estimate of drug-likeness (QED) is 0.765. The fourth-order valence-corrected chi connectivity index (χ4v) is 3.57. The fourth-order valence-electron chi connectivity index (χ4n) is 2.54. The molecule has 1 aliphatic heterocycles. The third-order valence-electron chi connectivity index (χ3n) is 4.06. The van der Waals surface area contributed by atoms with Gasteiger partial charge in [-0.15, -0.1) is 11.3 Å². The predicted octanol–water partition coefficient (Wildman–Crippen LogP) is 2.86. The number of carbonyl (C=O) groups excluding carboxylic acids is 3. The van der Waals surface area contributed by atoms with Gasteiger partial charge in [-0.3, -0.25) is 14.5 Å². The molecule has 1 fully saturated rings. The van der Waals surface area contributed by atoms with Crippen LogP contribution in [0.5, 0.6) is 0 Å². The van der Waals surface area contributed by atoms with E-state index >= 15 is 0 Å². The van der Waals surface area contributed by atoms with Gasteiger partial charge >= 0.3 is 6.03 Å². The maximum absolute atomic E-state index is 12.5. The van der Waals surface area contributed by atoms with Gasteiger partial charge in [0.05, 0.1) is 18.7 Å². The van der Waals surface area contributed by atoms with Gasteiger partial charge in [-0.25, -0.2) is 9.78 Å². The minimum absolute atomic E-state index is 0.0628. The van der Waals surface area contributed by atoms with Crippen LogP contribution < -0.4 is 10.6 Å². The lowest BCUT2D eigenvalue weighted by Gasteiger charge is -2.14. The van der Waals surface area contributed by atoms with Crippen LogP contribution in [0.4, 0.5) is 9.93 Å². The van der Waals surface area contributed by atoms with Crippen molar-refractivity contribution >= 4 is 45.9 Å². The zero-order chi connectivity index (χ0) is 18.8. The van der Waals surface area contributed by atoms with Crippen LogP contribution in [0.2, 0.25) is 5.02 Å². The first-order valence-electron chi connectivity index (χ1n) is 7.94. The van der Waals surface area contributed by atoms with Crippen LogP contribution >= 0.6 is 22.9 Å². The van der Waals surface area contributed by atoms with Gasteiger partial charge in [-0.1, -0.05) is 29.8 Å². The number of imide groups is 1. The van der Waals surface area contributed by atoms with Crippen molar-refractivity contribution in [2.24, 2.45) is 0 Å². The van der Waals surface area contributed by atoms with E-state index in [-0.39, 0.29) is 18.9 Å². The molecule has 1 atom stereocenters. The summed E-state index contributed by atoms with van der Waals surface area (Å²) < 4.78 is 0. The van der Waals surface area contributed by atoms with Crippen LogP contribution in [0, 0.1) is 13.8 Å². The van der Waals surface area contributed by atoms with Crippen LogP contribution in [0.3, 0.4) is 0 Å². The minimum atomic E-state index is -0.896. The van der Waals surface area contributed by atoms with E-state index < -0.39 is 18.0 Å². The summed E-state index contributed by atoms with van der Waals surface area (Å²) in [4.78, 5) is 43.1. The Morgan fingerprint density at radius 1 is 1.35 bits per heavy atom. The summed E-state index contributed by atoms with van der Waals surface area (Å²) in [5.41, 5.74) is 1.51. The Morgan fingerprint density at radius 3 is 2.73 bits per heavy atom. The second-order valence-electron chi connectivity index (χ2n) is 5.93. The van der Waals surface area contributed by atoms with E-state index in [4.69, 9.17) is 11.6 Å². The first-order chi connectivity index (χ1) is 12.3. The Labute approximate surface area is 159 Å². The van der Waals surface area contributed by atoms with Crippen LogP contribution in [0.15, 0.2) is 24.3 Å². The molecule has 0 radical (unpaired) electrons. The number of nitrogens with zero attached hydrogens (tertiary/aromatic N) is 2. The Balaban J connectivity index is 1.63. The van der Waals surface area contributed by atoms with Gasteiger partial charge in [0, 0.05) is 9.90 Å². The molecule has 0 saturated carbocycles. The normalized spacial score (nSPS) is 16.7. The fraction of sp³-hybridized carbons (Fsp3) is 0.294. The molecule has 7 nitrogen and oxygen atoms in total. The zero-order valence-electron chi connectivity index (χ0n) is 14.2. The summed E-state index contributed by atoms with van der Waals surface area (Å²) in [6, 6.07) is 5.56. The largest absolute Gasteiger partial charge is 0.325 e. The highest BCUT2D eigenvalue weighted by molar-refractivity contribution is 7.15. The van der Waals surface area contributed by atoms with Crippen LogP contribution in [0.1, 0.15) is 22.6 Å². The summed E-state index contributed by atoms with van der Waals surface area (Å²) in [5, 5.41) is 6.17. The molecule has 1 unspecified atom stereocenters. The standard InChI is InChI=1S/C17H17ClN4O3S/c1-9-10(2)26-16(19-9)21-14(23)7-13-15(24)22(17(25)20-13)8-11-5-3-4-6-12(11)18/h3-6,13H,7-8H2,1-2H3,(H,20,25)(H,19,21,23). The first-order valence-corrected chi connectivity index (χ1v) is 9.13. The lowest BCUT2D eigenvalue weighted by molar-refractivity contribution is -0.130. The number of carbonyl (C=O) groups is 3. The molecule has 0 spiro atoms. The average Bonchev–Trinajstić information content (AvgIpc) is 3.02. The molecule has 1 aromatic carbocycles. The summed E-state index contributed by atoms with van der Waals surface area (Å²) in [7, 11) is 0. The number of aryl methyl sites for hydroxylation is 2. The maximum Gasteiger partial charge on any atom is 0.325 e. The highest BCUT2D eigenvalue weighted by atomic mass is 35.5. The van der Waals surface area contributed by atoms with Gasteiger partial charge in [0.2, 0.25) is 5.91 Å². The molecule has 26 heavy (non-hydrogen) atoms. The molecule has 0 aliphatic carbocycles. The number of anilines is 1. The van der Waals surface area contributed by atoms with E-state index in [1.807, 2.05) is 13.8 Å². The lowest BCUT2D eigenvalue weighted by atomic mass is 10.1. The summed E-state index contributed by atoms with van der Waals surface area (Å²) in [6.07, 6.45) is -0.152. The number of hydrogen-bond donors (Lipinski definition) is 2. The zero-order valence-corrected chi connectivity index (χ0v) is 15.8. The minimum Gasteiger partial charge on any atom is -0.325 e. The molecule has 4 amide bonds. The monoisotopic (exact) mass is 392 g/mol. The van der Waals surface area contributed by atoms with Crippen molar-refractivity contribution < 1.29 is 14.4 Å². The number of benzene rings is 1. The molecule has 136 valence electrons. The number of rotatable bonds is 5. The van der Waals surface area contributed by atoms with Gasteiger partial charge in [0.15, 0.2) is 5.13 Å². The third-order valence-corrected chi connectivity index (χ3v) is 5.41. The van der Waals surface area contributed by atoms with Crippen molar-refractivity contribution in [1.29, 1.82) is 0 Å².